The van der Waals surface area contributed by atoms with Crippen molar-refractivity contribution >= 4 is 5.97 Å². The Bertz CT molecular complexity index is 582. The van der Waals surface area contributed by atoms with E-state index in [9.17, 15) is 9.90 Å². The van der Waals surface area contributed by atoms with E-state index in [1.54, 1.807) is 44.1 Å². The Kier molecular flexibility index (Phi) is 3.30. The van der Waals surface area contributed by atoms with Crippen molar-refractivity contribution in [2.45, 2.75) is 12.5 Å². The van der Waals surface area contributed by atoms with Gasteiger partial charge < -0.3 is 5.11 Å². The van der Waals surface area contributed by atoms with Gasteiger partial charge in [0.05, 0.1) is 5.69 Å². The molecule has 0 radical (unpaired) electrons. The molecule has 1 heterocycles. The highest BCUT2D eigenvalue weighted by molar-refractivity contribution is 5.80. The molecule has 0 fully saturated rings. The number of carboxylic acids is 1. The molecule has 1 aromatic heterocycles. The number of aliphatic carboxylic acids is 1. The summed E-state index contributed by atoms with van der Waals surface area (Å²) in [5, 5.41) is 20.4. The summed E-state index contributed by atoms with van der Waals surface area (Å²) in [5.74, 6) is -0.911. The third-order valence-electron chi connectivity index (χ3n) is 3.33. The van der Waals surface area contributed by atoms with E-state index in [1.165, 1.54) is 11.0 Å². The Balaban J connectivity index is 2.51. The molecule has 1 N–H and O–H groups in total. The largest absolute Gasteiger partial charge is 0.480 e. The van der Waals surface area contributed by atoms with E-state index in [1.807, 2.05) is 6.07 Å². The van der Waals surface area contributed by atoms with Crippen LogP contribution in [-0.2, 0) is 10.3 Å². The number of aromatic nitrogens is 4. The third-order valence-corrected chi connectivity index (χ3v) is 3.33. The first-order valence-corrected chi connectivity index (χ1v) is 5.71. The van der Waals surface area contributed by atoms with Gasteiger partial charge in [-0.2, -0.15) is 0 Å². The van der Waals surface area contributed by atoms with Crippen LogP contribution in [-0.4, -0.2) is 50.3 Å². The van der Waals surface area contributed by atoms with Gasteiger partial charge in [0.2, 0.25) is 0 Å². The minimum absolute atomic E-state index is 0.665. The number of carbonyl (C=O) groups is 1. The van der Waals surface area contributed by atoms with Crippen LogP contribution in [0.25, 0.3) is 5.69 Å². The van der Waals surface area contributed by atoms with Gasteiger partial charge in [-0.1, -0.05) is 12.1 Å². The zero-order valence-electron chi connectivity index (χ0n) is 11.0. The Morgan fingerprint density at radius 3 is 2.68 bits per heavy atom. The first-order chi connectivity index (χ1) is 8.96. The number of tetrazole rings is 1. The molecule has 0 bridgehead atoms. The quantitative estimate of drug-likeness (QED) is 0.864. The summed E-state index contributed by atoms with van der Waals surface area (Å²) in [5.41, 5.74) is 0.277. The number of nitrogens with zero attached hydrogens (tertiary/aromatic N) is 5. The zero-order valence-corrected chi connectivity index (χ0v) is 11.0. The fraction of sp³-hybridized carbons (Fsp3) is 0.333. The number of benzene rings is 1. The minimum atomic E-state index is -1.11. The van der Waals surface area contributed by atoms with Gasteiger partial charge in [-0.25, -0.2) is 9.48 Å². The molecule has 0 aliphatic heterocycles. The van der Waals surface area contributed by atoms with Crippen LogP contribution in [0.1, 0.15) is 12.5 Å². The summed E-state index contributed by atoms with van der Waals surface area (Å²) in [6.07, 6.45) is 1.47. The molecule has 1 aromatic carbocycles. The lowest BCUT2D eigenvalue weighted by Crippen LogP contribution is -2.45. The van der Waals surface area contributed by atoms with Crippen LogP contribution >= 0.6 is 0 Å². The van der Waals surface area contributed by atoms with Gasteiger partial charge in [0.1, 0.15) is 11.9 Å². The summed E-state index contributed by atoms with van der Waals surface area (Å²) in [6.45, 7) is 1.66. The van der Waals surface area contributed by atoms with E-state index in [0.29, 0.717) is 5.56 Å². The van der Waals surface area contributed by atoms with Crippen LogP contribution in [0.3, 0.4) is 0 Å². The van der Waals surface area contributed by atoms with Gasteiger partial charge in [-0.3, -0.25) is 4.90 Å². The number of likely N-dealkylation sites (N-methyl/N-ethyl adjacent to an activating group) is 1. The van der Waals surface area contributed by atoms with E-state index >= 15 is 0 Å². The first kappa shape index (κ1) is 13.2. The summed E-state index contributed by atoms with van der Waals surface area (Å²) in [6, 6.07) is 7.15. The van der Waals surface area contributed by atoms with Crippen molar-refractivity contribution in [2.75, 3.05) is 14.1 Å². The Hall–Kier alpha value is -2.28. The van der Waals surface area contributed by atoms with Crippen molar-refractivity contribution < 1.29 is 9.90 Å². The highest BCUT2D eigenvalue weighted by Crippen LogP contribution is 2.27. The summed E-state index contributed by atoms with van der Waals surface area (Å²) in [7, 11) is 3.47. The maximum absolute atomic E-state index is 11.6. The van der Waals surface area contributed by atoms with Gasteiger partial charge in [0, 0.05) is 0 Å². The monoisotopic (exact) mass is 261 g/mol. The summed E-state index contributed by atoms with van der Waals surface area (Å²) >= 11 is 0. The third kappa shape index (κ3) is 2.19. The number of carboxylic acid groups (broad SMARTS) is 1. The molecule has 0 aliphatic rings. The fourth-order valence-electron chi connectivity index (χ4n) is 1.80. The first-order valence-electron chi connectivity index (χ1n) is 5.71. The smallest absolute Gasteiger partial charge is 0.328 e. The zero-order chi connectivity index (χ0) is 14.0. The van der Waals surface area contributed by atoms with E-state index in [2.05, 4.69) is 15.5 Å². The Morgan fingerprint density at radius 1 is 1.42 bits per heavy atom. The van der Waals surface area contributed by atoms with E-state index in [4.69, 9.17) is 0 Å². The molecule has 1 unspecified atom stereocenters. The molecule has 0 spiro atoms. The molecule has 2 rings (SSSR count). The molecule has 0 aliphatic carbocycles. The van der Waals surface area contributed by atoms with Crippen LogP contribution < -0.4 is 0 Å². The van der Waals surface area contributed by atoms with E-state index in [0.717, 1.165) is 5.69 Å². The molecule has 0 saturated heterocycles. The van der Waals surface area contributed by atoms with Gasteiger partial charge in [-0.05, 0) is 49.1 Å². The topological polar surface area (TPSA) is 84.1 Å². The number of hydrogen-bond donors (Lipinski definition) is 1. The Morgan fingerprint density at radius 2 is 2.16 bits per heavy atom. The standard InChI is InChI=1S/C12H15N5O2/c1-12(11(18)19,16(2)3)9-5-4-6-10(7-9)17-8-13-14-15-17/h4-8H,1-3H3,(H,18,19). The lowest BCUT2D eigenvalue weighted by molar-refractivity contribution is -0.149. The lowest BCUT2D eigenvalue weighted by Gasteiger charge is -2.32. The predicted octanol–water partition coefficient (Wildman–Crippen LogP) is 0.524. The van der Waals surface area contributed by atoms with Crippen LogP contribution in [0.15, 0.2) is 30.6 Å². The fourth-order valence-corrected chi connectivity index (χ4v) is 1.80. The predicted molar refractivity (Wildman–Crippen MR) is 67.8 cm³/mol. The SMILES string of the molecule is CN(C)C(C)(C(=O)O)c1cccc(-n2cnnn2)c1. The number of hydrogen-bond acceptors (Lipinski definition) is 5. The normalized spacial score (nSPS) is 14.3. The van der Waals surface area contributed by atoms with Gasteiger partial charge in [0.25, 0.3) is 0 Å². The van der Waals surface area contributed by atoms with Crippen molar-refractivity contribution in [2.24, 2.45) is 0 Å². The highest BCUT2D eigenvalue weighted by atomic mass is 16.4. The Labute approximate surface area is 110 Å². The average molecular weight is 261 g/mol. The highest BCUT2D eigenvalue weighted by Gasteiger charge is 2.37. The van der Waals surface area contributed by atoms with Crippen molar-refractivity contribution in [1.82, 2.24) is 25.1 Å². The molecule has 7 nitrogen and oxygen atoms in total. The average Bonchev–Trinajstić information content (AvgIpc) is 2.91. The molecular formula is C12H15N5O2. The van der Waals surface area contributed by atoms with E-state index in [-0.39, 0.29) is 0 Å². The van der Waals surface area contributed by atoms with Crippen LogP contribution in [0.5, 0.6) is 0 Å². The number of rotatable bonds is 4. The second kappa shape index (κ2) is 4.77. The molecule has 2 aromatic rings. The van der Waals surface area contributed by atoms with Crippen molar-refractivity contribution in [3.05, 3.63) is 36.2 Å². The van der Waals surface area contributed by atoms with Gasteiger partial charge >= 0.3 is 5.97 Å². The lowest BCUT2D eigenvalue weighted by atomic mass is 9.90. The molecular weight excluding hydrogens is 246 g/mol. The molecule has 1 atom stereocenters. The molecule has 100 valence electrons. The van der Waals surface area contributed by atoms with Crippen LogP contribution in [0.2, 0.25) is 0 Å². The van der Waals surface area contributed by atoms with Crippen molar-refractivity contribution in [1.29, 1.82) is 0 Å². The molecule has 0 amide bonds. The molecule has 7 heteroatoms. The second-order valence-electron chi connectivity index (χ2n) is 4.58. The maximum atomic E-state index is 11.6. The van der Waals surface area contributed by atoms with Crippen LogP contribution in [0, 0.1) is 0 Å². The van der Waals surface area contributed by atoms with Crippen molar-refractivity contribution in [3.8, 4) is 5.69 Å². The summed E-state index contributed by atoms with van der Waals surface area (Å²) < 4.78 is 1.49. The van der Waals surface area contributed by atoms with Crippen molar-refractivity contribution in [3.63, 3.8) is 0 Å². The van der Waals surface area contributed by atoms with Gasteiger partial charge in [0.15, 0.2) is 0 Å². The van der Waals surface area contributed by atoms with Crippen LogP contribution in [0.4, 0.5) is 0 Å². The molecule has 0 saturated carbocycles. The molecule has 19 heavy (non-hydrogen) atoms. The van der Waals surface area contributed by atoms with E-state index < -0.39 is 11.5 Å². The maximum Gasteiger partial charge on any atom is 0.328 e. The summed E-state index contributed by atoms with van der Waals surface area (Å²) in [4.78, 5) is 13.2. The van der Waals surface area contributed by atoms with Gasteiger partial charge in [-0.15, -0.1) is 5.10 Å². The second-order valence-corrected chi connectivity index (χ2v) is 4.58. The minimum Gasteiger partial charge on any atom is -0.480 e.